The molecule has 0 saturated carbocycles. The number of aromatic nitrogens is 1. The summed E-state index contributed by atoms with van der Waals surface area (Å²) in [4.78, 5) is 26.2. The van der Waals surface area contributed by atoms with E-state index < -0.39 is 5.92 Å². The summed E-state index contributed by atoms with van der Waals surface area (Å²) in [6, 6.07) is 10.0. The molecular formula is C19H22N2O4. The fourth-order valence-corrected chi connectivity index (χ4v) is 3.02. The molecule has 0 spiro atoms. The SMILES string of the molecule is Cc1noc(C)c1COC(=O)[C@H]1CC(=O)N(CCc2ccccc2)C1. The van der Waals surface area contributed by atoms with E-state index in [9.17, 15) is 9.59 Å². The summed E-state index contributed by atoms with van der Waals surface area (Å²) < 4.78 is 10.4. The molecule has 1 aromatic heterocycles. The van der Waals surface area contributed by atoms with Gasteiger partial charge in [0, 0.05) is 19.5 Å². The van der Waals surface area contributed by atoms with Crippen molar-refractivity contribution in [1.29, 1.82) is 0 Å². The van der Waals surface area contributed by atoms with E-state index in [2.05, 4.69) is 5.16 Å². The van der Waals surface area contributed by atoms with E-state index in [1.807, 2.05) is 37.3 Å². The van der Waals surface area contributed by atoms with Crippen molar-refractivity contribution < 1.29 is 18.8 Å². The van der Waals surface area contributed by atoms with Gasteiger partial charge in [0.15, 0.2) is 0 Å². The van der Waals surface area contributed by atoms with E-state index in [-0.39, 0.29) is 24.9 Å². The minimum Gasteiger partial charge on any atom is -0.460 e. The van der Waals surface area contributed by atoms with E-state index in [0.29, 0.717) is 18.8 Å². The predicted octanol–water partition coefficient (Wildman–Crippen LogP) is 2.43. The Balaban J connectivity index is 1.50. The largest absolute Gasteiger partial charge is 0.460 e. The van der Waals surface area contributed by atoms with Crippen LogP contribution >= 0.6 is 0 Å². The summed E-state index contributed by atoms with van der Waals surface area (Å²) in [5.41, 5.74) is 2.69. The second-order valence-electron chi connectivity index (χ2n) is 6.39. The third-order valence-electron chi connectivity index (χ3n) is 4.60. The van der Waals surface area contributed by atoms with Crippen molar-refractivity contribution in [3.8, 4) is 0 Å². The topological polar surface area (TPSA) is 72.6 Å². The molecule has 1 amide bonds. The highest BCUT2D eigenvalue weighted by Gasteiger charge is 2.35. The molecule has 1 aromatic carbocycles. The quantitative estimate of drug-likeness (QED) is 0.754. The molecule has 0 N–H and O–H groups in total. The summed E-state index contributed by atoms with van der Waals surface area (Å²) in [6.07, 6.45) is 1.00. The first-order valence-electron chi connectivity index (χ1n) is 8.44. The number of aryl methyl sites for hydroxylation is 2. The third kappa shape index (κ3) is 4.07. The number of esters is 1. The lowest BCUT2D eigenvalue weighted by Gasteiger charge is -2.16. The van der Waals surface area contributed by atoms with E-state index >= 15 is 0 Å². The van der Waals surface area contributed by atoms with Crippen LogP contribution in [0.25, 0.3) is 0 Å². The summed E-state index contributed by atoms with van der Waals surface area (Å²) >= 11 is 0. The van der Waals surface area contributed by atoms with E-state index in [0.717, 1.165) is 17.7 Å². The lowest BCUT2D eigenvalue weighted by atomic mass is 10.1. The molecule has 0 unspecified atom stereocenters. The van der Waals surface area contributed by atoms with Crippen molar-refractivity contribution in [2.45, 2.75) is 33.3 Å². The third-order valence-corrected chi connectivity index (χ3v) is 4.60. The molecular weight excluding hydrogens is 320 g/mol. The van der Waals surface area contributed by atoms with Crippen LogP contribution in [0.5, 0.6) is 0 Å². The Labute approximate surface area is 146 Å². The van der Waals surface area contributed by atoms with Crippen LogP contribution in [0, 0.1) is 19.8 Å². The van der Waals surface area contributed by atoms with Crippen LogP contribution < -0.4 is 0 Å². The molecule has 0 radical (unpaired) electrons. The number of nitrogens with zero attached hydrogens (tertiary/aromatic N) is 2. The normalized spacial score (nSPS) is 17.1. The molecule has 2 aromatic rings. The molecule has 1 aliphatic rings. The Morgan fingerprint density at radius 2 is 2.08 bits per heavy atom. The number of hydrogen-bond acceptors (Lipinski definition) is 5. The maximum absolute atomic E-state index is 12.3. The van der Waals surface area contributed by atoms with Gasteiger partial charge in [-0.25, -0.2) is 0 Å². The second kappa shape index (κ2) is 7.51. The Morgan fingerprint density at radius 3 is 2.76 bits per heavy atom. The fourth-order valence-electron chi connectivity index (χ4n) is 3.02. The van der Waals surface area contributed by atoms with Crippen LogP contribution in [0.15, 0.2) is 34.9 Å². The molecule has 1 fully saturated rings. The van der Waals surface area contributed by atoms with Crippen LogP contribution in [0.2, 0.25) is 0 Å². The zero-order valence-electron chi connectivity index (χ0n) is 14.5. The van der Waals surface area contributed by atoms with Gasteiger partial charge in [0.2, 0.25) is 5.91 Å². The van der Waals surface area contributed by atoms with E-state index in [1.165, 1.54) is 5.56 Å². The van der Waals surface area contributed by atoms with Crippen LogP contribution in [-0.2, 0) is 27.4 Å². The van der Waals surface area contributed by atoms with Gasteiger partial charge in [-0.3, -0.25) is 9.59 Å². The van der Waals surface area contributed by atoms with Crippen molar-refractivity contribution in [2.75, 3.05) is 13.1 Å². The standard InChI is InChI=1S/C19H22N2O4/c1-13-17(14(2)25-20-13)12-24-19(23)16-10-18(22)21(11-16)9-8-15-6-4-3-5-7-15/h3-7,16H,8-12H2,1-2H3/t16-/m0/s1. The van der Waals surface area contributed by atoms with Crippen molar-refractivity contribution in [3.63, 3.8) is 0 Å². The molecule has 132 valence electrons. The summed E-state index contributed by atoms with van der Waals surface area (Å²) in [5.74, 6) is -0.0770. The highest BCUT2D eigenvalue weighted by atomic mass is 16.5. The van der Waals surface area contributed by atoms with Crippen LogP contribution in [0.1, 0.15) is 29.0 Å². The second-order valence-corrected chi connectivity index (χ2v) is 6.39. The molecule has 2 heterocycles. The van der Waals surface area contributed by atoms with Gasteiger partial charge in [-0.05, 0) is 25.8 Å². The number of likely N-dealkylation sites (tertiary alicyclic amines) is 1. The number of amides is 1. The molecule has 6 heteroatoms. The number of carbonyl (C=O) groups is 2. The zero-order valence-corrected chi connectivity index (χ0v) is 14.5. The van der Waals surface area contributed by atoms with Gasteiger partial charge in [-0.1, -0.05) is 35.5 Å². The average molecular weight is 342 g/mol. The fraction of sp³-hybridized carbons (Fsp3) is 0.421. The van der Waals surface area contributed by atoms with E-state index in [1.54, 1.807) is 11.8 Å². The molecule has 0 bridgehead atoms. The Morgan fingerprint density at radius 1 is 1.32 bits per heavy atom. The zero-order chi connectivity index (χ0) is 17.8. The van der Waals surface area contributed by atoms with Crippen LogP contribution in [0.4, 0.5) is 0 Å². The van der Waals surface area contributed by atoms with E-state index in [4.69, 9.17) is 9.26 Å². The smallest absolute Gasteiger partial charge is 0.311 e. The minimum atomic E-state index is -0.399. The molecule has 0 aliphatic carbocycles. The van der Waals surface area contributed by atoms with Crippen molar-refractivity contribution in [3.05, 3.63) is 52.9 Å². The Kier molecular flexibility index (Phi) is 5.16. The number of hydrogen-bond donors (Lipinski definition) is 0. The molecule has 1 aliphatic heterocycles. The monoisotopic (exact) mass is 342 g/mol. The maximum Gasteiger partial charge on any atom is 0.311 e. The molecule has 3 rings (SSSR count). The van der Waals surface area contributed by atoms with Gasteiger partial charge in [-0.15, -0.1) is 0 Å². The maximum atomic E-state index is 12.3. The van der Waals surface area contributed by atoms with Gasteiger partial charge in [0.05, 0.1) is 17.2 Å². The first kappa shape index (κ1) is 17.2. The number of carbonyl (C=O) groups excluding carboxylic acids is 2. The molecule has 25 heavy (non-hydrogen) atoms. The first-order chi connectivity index (χ1) is 12.0. The minimum absolute atomic E-state index is 0.00946. The number of benzene rings is 1. The van der Waals surface area contributed by atoms with Crippen molar-refractivity contribution >= 4 is 11.9 Å². The Bertz CT molecular complexity index is 735. The first-order valence-corrected chi connectivity index (χ1v) is 8.44. The van der Waals surface area contributed by atoms with Crippen LogP contribution in [0.3, 0.4) is 0 Å². The van der Waals surface area contributed by atoms with Crippen molar-refractivity contribution in [1.82, 2.24) is 10.1 Å². The summed E-state index contributed by atoms with van der Waals surface area (Å²) in [6.45, 7) is 4.77. The number of rotatable bonds is 6. The molecule has 1 atom stereocenters. The van der Waals surface area contributed by atoms with Crippen LogP contribution in [-0.4, -0.2) is 35.0 Å². The molecule has 1 saturated heterocycles. The van der Waals surface area contributed by atoms with Gasteiger partial charge >= 0.3 is 5.97 Å². The number of ether oxygens (including phenoxy) is 1. The summed E-state index contributed by atoms with van der Waals surface area (Å²) in [5, 5.41) is 3.84. The highest BCUT2D eigenvalue weighted by molar-refractivity contribution is 5.86. The van der Waals surface area contributed by atoms with Gasteiger partial charge < -0.3 is 14.2 Å². The van der Waals surface area contributed by atoms with Crippen molar-refractivity contribution in [2.24, 2.45) is 5.92 Å². The lowest BCUT2D eigenvalue weighted by molar-refractivity contribution is -0.149. The van der Waals surface area contributed by atoms with Gasteiger partial charge in [-0.2, -0.15) is 0 Å². The lowest BCUT2D eigenvalue weighted by Crippen LogP contribution is -2.28. The summed E-state index contributed by atoms with van der Waals surface area (Å²) in [7, 11) is 0. The van der Waals surface area contributed by atoms with Gasteiger partial charge in [0.25, 0.3) is 0 Å². The predicted molar refractivity (Wildman–Crippen MR) is 90.6 cm³/mol. The Hall–Kier alpha value is -2.63. The van der Waals surface area contributed by atoms with Gasteiger partial charge in [0.1, 0.15) is 12.4 Å². The molecule has 6 nitrogen and oxygen atoms in total. The highest BCUT2D eigenvalue weighted by Crippen LogP contribution is 2.21. The average Bonchev–Trinajstić information content (AvgIpc) is 3.14.